The van der Waals surface area contributed by atoms with Crippen molar-refractivity contribution < 1.29 is 0 Å². The van der Waals surface area contributed by atoms with Crippen molar-refractivity contribution in [3.63, 3.8) is 0 Å². The molecule has 0 amide bonds. The Kier molecular flexibility index (Phi) is 3.17. The monoisotopic (exact) mass is 276 g/mol. The Morgan fingerprint density at radius 2 is 1.76 bits per heavy atom. The molecule has 0 saturated heterocycles. The van der Waals surface area contributed by atoms with E-state index in [4.69, 9.17) is 5.10 Å². The van der Waals surface area contributed by atoms with Crippen LogP contribution >= 0.6 is 0 Å². The van der Waals surface area contributed by atoms with E-state index in [1.54, 1.807) is 0 Å². The fourth-order valence-electron chi connectivity index (χ4n) is 3.28. The van der Waals surface area contributed by atoms with Crippen LogP contribution in [-0.2, 0) is 7.05 Å². The largest absolute Gasteiger partial charge is 0.267 e. The number of hydrogen-bond acceptors (Lipinski definition) is 1. The van der Waals surface area contributed by atoms with Gasteiger partial charge in [0.05, 0.1) is 5.69 Å². The predicted molar refractivity (Wildman–Crippen MR) is 90.5 cm³/mol. The maximum atomic E-state index is 4.71. The van der Waals surface area contributed by atoms with E-state index in [2.05, 4.69) is 57.7 Å². The molecule has 1 heterocycles. The summed E-state index contributed by atoms with van der Waals surface area (Å²) in [6, 6.07) is 10.8. The Morgan fingerprint density at radius 1 is 1.10 bits per heavy atom. The third kappa shape index (κ3) is 2.07. The topological polar surface area (TPSA) is 17.8 Å². The van der Waals surface area contributed by atoms with Gasteiger partial charge in [0.15, 0.2) is 0 Å². The highest BCUT2D eigenvalue weighted by Crippen LogP contribution is 2.34. The Hall–Kier alpha value is -2.35. The fraction of sp³-hybridized carbons (Fsp3) is 0.211. The zero-order valence-corrected chi connectivity index (χ0v) is 13.1. The van der Waals surface area contributed by atoms with Crippen LogP contribution in [-0.4, -0.2) is 9.78 Å². The van der Waals surface area contributed by atoms with Crippen LogP contribution in [0.15, 0.2) is 36.9 Å². The highest BCUT2D eigenvalue weighted by atomic mass is 15.3. The van der Waals surface area contributed by atoms with Crippen molar-refractivity contribution in [3.05, 3.63) is 59.3 Å². The third-order valence-electron chi connectivity index (χ3n) is 4.05. The number of benzene rings is 2. The van der Waals surface area contributed by atoms with Gasteiger partial charge < -0.3 is 0 Å². The normalized spacial score (nSPS) is 11.0. The summed E-state index contributed by atoms with van der Waals surface area (Å²) in [5.74, 6) is 0. The molecule has 0 aliphatic heterocycles. The summed E-state index contributed by atoms with van der Waals surface area (Å²) >= 11 is 0. The Bertz CT molecular complexity index is 830. The third-order valence-corrected chi connectivity index (χ3v) is 4.05. The van der Waals surface area contributed by atoms with Crippen LogP contribution < -0.4 is 0 Å². The van der Waals surface area contributed by atoms with Gasteiger partial charge in [-0.3, -0.25) is 4.68 Å². The molecule has 0 bridgehead atoms. The quantitative estimate of drug-likeness (QED) is 0.657. The standard InChI is InChI=1S/C19H20N2/c1-6-17-15-8-7-9-16(19(15)20-21(17)5)18-13(3)10-12(2)11-14(18)4/h6-11H,1H2,2-5H3. The van der Waals surface area contributed by atoms with Gasteiger partial charge in [-0.25, -0.2) is 0 Å². The number of aromatic nitrogens is 2. The summed E-state index contributed by atoms with van der Waals surface area (Å²) in [4.78, 5) is 0. The summed E-state index contributed by atoms with van der Waals surface area (Å²) in [6.07, 6.45) is 1.87. The molecule has 0 fully saturated rings. The number of aryl methyl sites for hydroxylation is 4. The summed E-state index contributed by atoms with van der Waals surface area (Å²) in [6.45, 7) is 10.4. The Labute approximate surface area is 125 Å². The lowest BCUT2D eigenvalue weighted by Gasteiger charge is -2.12. The van der Waals surface area contributed by atoms with Gasteiger partial charge in [-0.1, -0.05) is 42.5 Å². The molecule has 1 aromatic heterocycles. The van der Waals surface area contributed by atoms with Gasteiger partial charge in [-0.2, -0.15) is 5.10 Å². The van der Waals surface area contributed by atoms with Crippen LogP contribution in [0, 0.1) is 20.8 Å². The van der Waals surface area contributed by atoms with E-state index < -0.39 is 0 Å². The van der Waals surface area contributed by atoms with Crippen molar-refractivity contribution in [2.45, 2.75) is 20.8 Å². The zero-order chi connectivity index (χ0) is 15.1. The van der Waals surface area contributed by atoms with Crippen molar-refractivity contribution in [1.82, 2.24) is 9.78 Å². The molecule has 21 heavy (non-hydrogen) atoms. The average Bonchev–Trinajstić information content (AvgIpc) is 2.73. The van der Waals surface area contributed by atoms with Crippen molar-refractivity contribution >= 4 is 17.0 Å². The molecule has 0 atom stereocenters. The zero-order valence-electron chi connectivity index (χ0n) is 13.1. The summed E-state index contributed by atoms with van der Waals surface area (Å²) in [7, 11) is 1.97. The molecule has 0 aliphatic rings. The van der Waals surface area contributed by atoms with Crippen LogP contribution in [0.2, 0.25) is 0 Å². The predicted octanol–water partition coefficient (Wildman–Crippen LogP) is 4.81. The maximum Gasteiger partial charge on any atom is 0.101 e. The van der Waals surface area contributed by atoms with Gasteiger partial charge in [0.2, 0.25) is 0 Å². The van der Waals surface area contributed by atoms with Crippen LogP contribution in [0.25, 0.3) is 28.1 Å². The second kappa shape index (κ2) is 4.88. The van der Waals surface area contributed by atoms with Crippen LogP contribution in [0.3, 0.4) is 0 Å². The maximum absolute atomic E-state index is 4.71. The van der Waals surface area contributed by atoms with E-state index in [-0.39, 0.29) is 0 Å². The second-order valence-corrected chi connectivity index (χ2v) is 5.69. The molecule has 0 spiro atoms. The minimum absolute atomic E-state index is 1.05. The lowest BCUT2D eigenvalue weighted by Crippen LogP contribution is -1.93. The van der Waals surface area contributed by atoms with Crippen molar-refractivity contribution in [2.24, 2.45) is 7.05 Å². The first-order valence-corrected chi connectivity index (χ1v) is 7.19. The second-order valence-electron chi connectivity index (χ2n) is 5.69. The fourth-order valence-corrected chi connectivity index (χ4v) is 3.28. The van der Waals surface area contributed by atoms with E-state index >= 15 is 0 Å². The van der Waals surface area contributed by atoms with E-state index in [1.807, 2.05) is 17.8 Å². The first kappa shape index (κ1) is 13.6. The van der Waals surface area contributed by atoms with Gasteiger partial charge in [0.25, 0.3) is 0 Å². The van der Waals surface area contributed by atoms with E-state index in [9.17, 15) is 0 Å². The summed E-state index contributed by atoms with van der Waals surface area (Å²) < 4.78 is 1.90. The van der Waals surface area contributed by atoms with Gasteiger partial charge in [0, 0.05) is 18.0 Å². The molecular weight excluding hydrogens is 256 g/mol. The van der Waals surface area contributed by atoms with E-state index in [0.717, 1.165) is 16.6 Å². The lowest BCUT2D eigenvalue weighted by molar-refractivity contribution is 0.771. The number of rotatable bonds is 2. The first-order valence-electron chi connectivity index (χ1n) is 7.19. The van der Waals surface area contributed by atoms with Crippen molar-refractivity contribution in [1.29, 1.82) is 0 Å². The van der Waals surface area contributed by atoms with Gasteiger partial charge >= 0.3 is 0 Å². The molecule has 0 aliphatic carbocycles. The Balaban J connectivity index is 2.39. The molecule has 0 radical (unpaired) electrons. The molecule has 0 unspecified atom stereocenters. The van der Waals surface area contributed by atoms with E-state index in [0.29, 0.717) is 0 Å². The van der Waals surface area contributed by atoms with Gasteiger partial charge in [-0.15, -0.1) is 0 Å². The molecule has 2 heteroatoms. The first-order chi connectivity index (χ1) is 10.0. The van der Waals surface area contributed by atoms with Crippen LogP contribution in [0.5, 0.6) is 0 Å². The van der Waals surface area contributed by atoms with Crippen molar-refractivity contribution in [2.75, 3.05) is 0 Å². The summed E-state index contributed by atoms with van der Waals surface area (Å²) in [5.41, 5.74) is 8.50. The van der Waals surface area contributed by atoms with Crippen LogP contribution in [0.4, 0.5) is 0 Å². The molecule has 0 N–H and O–H groups in total. The number of hydrogen-bond donors (Lipinski definition) is 0. The average molecular weight is 276 g/mol. The van der Waals surface area contributed by atoms with Gasteiger partial charge in [0.1, 0.15) is 5.52 Å². The SMILES string of the molecule is C=Cc1c2cccc(-c3c(C)cc(C)cc3C)c2nn1C. The minimum Gasteiger partial charge on any atom is -0.267 e. The highest BCUT2D eigenvalue weighted by molar-refractivity contribution is 5.98. The van der Waals surface area contributed by atoms with E-state index in [1.165, 1.54) is 27.8 Å². The molecule has 106 valence electrons. The highest BCUT2D eigenvalue weighted by Gasteiger charge is 2.14. The Morgan fingerprint density at radius 3 is 2.38 bits per heavy atom. The number of nitrogens with zero attached hydrogens (tertiary/aromatic N) is 2. The lowest BCUT2D eigenvalue weighted by atomic mass is 9.92. The smallest absolute Gasteiger partial charge is 0.101 e. The van der Waals surface area contributed by atoms with Crippen LogP contribution in [0.1, 0.15) is 22.4 Å². The summed E-state index contributed by atoms with van der Waals surface area (Å²) in [5, 5.41) is 5.87. The molecule has 3 aromatic rings. The van der Waals surface area contributed by atoms with Crippen molar-refractivity contribution in [3.8, 4) is 11.1 Å². The van der Waals surface area contributed by atoms with Gasteiger partial charge in [-0.05, 0) is 43.5 Å². The number of fused-ring (bicyclic) bond motifs is 1. The molecular formula is C19H20N2. The molecule has 2 nitrogen and oxygen atoms in total. The molecule has 0 saturated carbocycles. The minimum atomic E-state index is 1.05. The molecule has 2 aromatic carbocycles. The molecule has 3 rings (SSSR count).